The third-order valence-electron chi connectivity index (χ3n) is 3.54. The van der Waals surface area contributed by atoms with Crippen LogP contribution in [0.1, 0.15) is 32.8 Å². The number of rotatable bonds is 5. The van der Waals surface area contributed by atoms with Crippen LogP contribution in [0.3, 0.4) is 0 Å². The molecule has 0 bridgehead atoms. The van der Waals surface area contributed by atoms with Gasteiger partial charge < -0.3 is 10.6 Å². The number of hydrogen-bond acceptors (Lipinski definition) is 2. The van der Waals surface area contributed by atoms with E-state index >= 15 is 0 Å². The molecule has 2 N–H and O–H groups in total. The molecule has 17 heavy (non-hydrogen) atoms. The maximum Gasteiger partial charge on any atom is 0.125 e. The minimum absolute atomic E-state index is 0.0216. The molecule has 0 radical (unpaired) electrons. The number of nitrogens with two attached hydrogens (primary N) is 1. The van der Waals surface area contributed by atoms with Crippen LogP contribution in [0.25, 0.3) is 0 Å². The summed E-state index contributed by atoms with van der Waals surface area (Å²) in [6.45, 7) is 6.99. The van der Waals surface area contributed by atoms with E-state index in [1.165, 1.54) is 0 Å². The summed E-state index contributed by atoms with van der Waals surface area (Å²) in [5.41, 5.74) is 7.41. The summed E-state index contributed by atoms with van der Waals surface area (Å²) < 4.78 is 13.5. The molecule has 96 valence electrons. The summed E-state index contributed by atoms with van der Waals surface area (Å²) in [5.74, 6) is -0.190. The third kappa shape index (κ3) is 3.43. The molecule has 2 nitrogen and oxygen atoms in total. The van der Waals surface area contributed by atoms with Gasteiger partial charge >= 0.3 is 0 Å². The monoisotopic (exact) mass is 238 g/mol. The summed E-state index contributed by atoms with van der Waals surface area (Å²) >= 11 is 0. The fraction of sp³-hybridized carbons (Fsp3) is 0.571. The van der Waals surface area contributed by atoms with Crippen LogP contribution in [0, 0.1) is 5.82 Å². The second-order valence-electron chi connectivity index (χ2n) is 5.08. The van der Waals surface area contributed by atoms with Gasteiger partial charge in [0.15, 0.2) is 0 Å². The zero-order valence-corrected chi connectivity index (χ0v) is 11.3. The van der Waals surface area contributed by atoms with Crippen molar-refractivity contribution in [1.29, 1.82) is 0 Å². The molecule has 0 amide bonds. The Labute approximate surface area is 104 Å². The lowest BCUT2D eigenvalue weighted by atomic mass is 9.98. The van der Waals surface area contributed by atoms with Crippen LogP contribution in [-0.2, 0) is 6.42 Å². The largest absolute Gasteiger partial charge is 0.369 e. The lowest BCUT2D eigenvalue weighted by Crippen LogP contribution is -2.40. The topological polar surface area (TPSA) is 29.3 Å². The minimum atomic E-state index is -0.190. The maximum atomic E-state index is 13.5. The first-order valence-electron chi connectivity index (χ1n) is 6.14. The van der Waals surface area contributed by atoms with Gasteiger partial charge in [0.2, 0.25) is 0 Å². The molecule has 0 atom stereocenters. The molecule has 1 rings (SSSR count). The fourth-order valence-electron chi connectivity index (χ4n) is 1.72. The van der Waals surface area contributed by atoms with Gasteiger partial charge in [-0.2, -0.15) is 0 Å². The number of nitrogens with zero attached hydrogens (tertiary/aromatic N) is 1. The van der Waals surface area contributed by atoms with Crippen molar-refractivity contribution < 1.29 is 4.39 Å². The van der Waals surface area contributed by atoms with E-state index in [1.54, 1.807) is 12.1 Å². The number of anilines is 1. The van der Waals surface area contributed by atoms with Crippen molar-refractivity contribution in [3.05, 3.63) is 29.6 Å². The van der Waals surface area contributed by atoms with Gasteiger partial charge in [-0.3, -0.25) is 0 Å². The van der Waals surface area contributed by atoms with Gasteiger partial charge in [0.25, 0.3) is 0 Å². The Morgan fingerprint density at radius 1 is 1.29 bits per heavy atom. The Hall–Kier alpha value is -1.09. The number of benzene rings is 1. The summed E-state index contributed by atoms with van der Waals surface area (Å²) in [5, 5.41) is 0. The van der Waals surface area contributed by atoms with E-state index in [0.717, 1.165) is 17.7 Å². The molecule has 0 fully saturated rings. The summed E-state index contributed by atoms with van der Waals surface area (Å²) in [6.07, 6.45) is 1.72. The molecular formula is C14H23FN2. The Balaban J connectivity index is 3.05. The molecule has 0 aliphatic carbocycles. The summed E-state index contributed by atoms with van der Waals surface area (Å²) in [6, 6.07) is 5.16. The normalized spacial score (nSPS) is 11.6. The predicted molar refractivity (Wildman–Crippen MR) is 71.9 cm³/mol. The van der Waals surface area contributed by atoms with Crippen LogP contribution in [-0.4, -0.2) is 19.1 Å². The summed E-state index contributed by atoms with van der Waals surface area (Å²) in [7, 11) is 2.00. The van der Waals surface area contributed by atoms with Crippen molar-refractivity contribution in [2.75, 3.05) is 18.5 Å². The summed E-state index contributed by atoms with van der Waals surface area (Å²) in [4.78, 5) is 2.12. The van der Waals surface area contributed by atoms with Crippen molar-refractivity contribution in [3.63, 3.8) is 0 Å². The highest BCUT2D eigenvalue weighted by atomic mass is 19.1. The van der Waals surface area contributed by atoms with Gasteiger partial charge in [-0.1, -0.05) is 6.92 Å². The third-order valence-corrected chi connectivity index (χ3v) is 3.54. The first-order chi connectivity index (χ1) is 7.90. The maximum absolute atomic E-state index is 13.5. The molecule has 1 aromatic rings. The van der Waals surface area contributed by atoms with Gasteiger partial charge in [0.05, 0.1) is 0 Å². The van der Waals surface area contributed by atoms with E-state index in [-0.39, 0.29) is 11.4 Å². The second-order valence-corrected chi connectivity index (χ2v) is 5.08. The molecule has 0 saturated heterocycles. The van der Waals surface area contributed by atoms with E-state index in [0.29, 0.717) is 13.0 Å². The van der Waals surface area contributed by atoms with Gasteiger partial charge in [0, 0.05) is 18.3 Å². The predicted octanol–water partition coefficient (Wildman–Crippen LogP) is 2.95. The van der Waals surface area contributed by atoms with Crippen LogP contribution in [0.2, 0.25) is 0 Å². The van der Waals surface area contributed by atoms with Gasteiger partial charge in [0.1, 0.15) is 5.82 Å². The van der Waals surface area contributed by atoms with E-state index in [4.69, 9.17) is 5.73 Å². The van der Waals surface area contributed by atoms with Crippen LogP contribution >= 0.6 is 0 Å². The number of hydrogen-bond donors (Lipinski definition) is 1. The molecule has 0 unspecified atom stereocenters. The Morgan fingerprint density at radius 2 is 1.94 bits per heavy atom. The van der Waals surface area contributed by atoms with Crippen LogP contribution in [0.4, 0.5) is 10.1 Å². The minimum Gasteiger partial charge on any atom is -0.369 e. The van der Waals surface area contributed by atoms with Gasteiger partial charge in [-0.05, 0) is 57.0 Å². The molecule has 0 spiro atoms. The van der Waals surface area contributed by atoms with E-state index in [9.17, 15) is 4.39 Å². The van der Waals surface area contributed by atoms with Gasteiger partial charge in [-0.15, -0.1) is 0 Å². The lowest BCUT2D eigenvalue weighted by Gasteiger charge is -2.37. The van der Waals surface area contributed by atoms with Crippen molar-refractivity contribution in [2.24, 2.45) is 5.73 Å². The lowest BCUT2D eigenvalue weighted by molar-refractivity contribution is 0.469. The Kier molecular flexibility index (Phi) is 4.52. The highest BCUT2D eigenvalue weighted by Gasteiger charge is 2.22. The molecule has 0 aliphatic rings. The van der Waals surface area contributed by atoms with Crippen LogP contribution in [0.5, 0.6) is 0 Å². The van der Waals surface area contributed by atoms with Gasteiger partial charge in [-0.25, -0.2) is 4.39 Å². The zero-order chi connectivity index (χ0) is 13.1. The quantitative estimate of drug-likeness (QED) is 0.854. The molecule has 3 heteroatoms. The highest BCUT2D eigenvalue weighted by Crippen LogP contribution is 2.26. The Bertz CT molecular complexity index is 374. The van der Waals surface area contributed by atoms with Crippen molar-refractivity contribution in [1.82, 2.24) is 0 Å². The molecular weight excluding hydrogens is 215 g/mol. The molecule has 1 aromatic carbocycles. The molecule has 0 aromatic heterocycles. The first-order valence-corrected chi connectivity index (χ1v) is 6.14. The zero-order valence-electron chi connectivity index (χ0n) is 11.3. The first kappa shape index (κ1) is 14.0. The average Bonchev–Trinajstić information content (AvgIpc) is 2.27. The number of halogens is 1. The molecule has 0 aliphatic heterocycles. The van der Waals surface area contributed by atoms with Crippen molar-refractivity contribution >= 4 is 5.69 Å². The SMILES string of the molecule is CCC(C)(C)N(C)c1cc(F)cc(CCN)c1. The van der Waals surface area contributed by atoms with Crippen LogP contribution < -0.4 is 10.6 Å². The van der Waals surface area contributed by atoms with E-state index in [1.807, 2.05) is 13.1 Å². The molecule has 0 saturated carbocycles. The van der Waals surface area contributed by atoms with Crippen molar-refractivity contribution in [2.45, 2.75) is 39.2 Å². The van der Waals surface area contributed by atoms with E-state index in [2.05, 4.69) is 25.7 Å². The van der Waals surface area contributed by atoms with Crippen molar-refractivity contribution in [3.8, 4) is 0 Å². The highest BCUT2D eigenvalue weighted by molar-refractivity contribution is 5.50. The molecule has 0 heterocycles. The smallest absolute Gasteiger partial charge is 0.125 e. The standard InChI is InChI=1S/C14H23FN2/c1-5-14(2,3)17(4)13-9-11(6-7-16)8-12(15)10-13/h8-10H,5-7,16H2,1-4H3. The fourth-order valence-corrected chi connectivity index (χ4v) is 1.72. The van der Waals surface area contributed by atoms with Crippen LogP contribution in [0.15, 0.2) is 18.2 Å². The second kappa shape index (κ2) is 5.50. The Morgan fingerprint density at radius 3 is 2.47 bits per heavy atom. The average molecular weight is 238 g/mol. The van der Waals surface area contributed by atoms with E-state index < -0.39 is 0 Å².